The van der Waals surface area contributed by atoms with Crippen molar-refractivity contribution in [1.82, 2.24) is 9.88 Å². The van der Waals surface area contributed by atoms with Gasteiger partial charge in [-0.05, 0) is 31.2 Å². The van der Waals surface area contributed by atoms with Crippen LogP contribution in [0, 0.1) is 5.82 Å². The van der Waals surface area contributed by atoms with E-state index in [-0.39, 0.29) is 17.5 Å². The first-order valence-corrected chi connectivity index (χ1v) is 10.2. The van der Waals surface area contributed by atoms with E-state index < -0.39 is 17.2 Å². The smallest absolute Gasteiger partial charge is 0.257 e. The van der Waals surface area contributed by atoms with E-state index in [1.807, 2.05) is 16.4 Å². The van der Waals surface area contributed by atoms with Crippen LogP contribution in [0.2, 0.25) is 0 Å². The third-order valence-corrected chi connectivity index (χ3v) is 5.70. The van der Waals surface area contributed by atoms with Gasteiger partial charge in [-0.15, -0.1) is 0 Å². The molecule has 1 aliphatic heterocycles. The average molecular weight is 413 g/mol. The standard InChI is InChI=1S/C22H25FN4O3/c1-3-26-14-17(22(29)24-13-15-5-4-10-30-15)21(28)16-11-18(23)20(12-19(16)26)27-8-6-25(2)7-9-27/h4-5,10-12,14H,3,6-9,13H2,1-2H3,(H,24,29)/p+1. The quantitative estimate of drug-likeness (QED) is 0.655. The van der Waals surface area contributed by atoms with Gasteiger partial charge in [0.15, 0.2) is 0 Å². The van der Waals surface area contributed by atoms with Crippen LogP contribution in [0.4, 0.5) is 10.1 Å². The number of hydrogen-bond donors (Lipinski definition) is 2. The first-order chi connectivity index (χ1) is 14.5. The Kier molecular flexibility index (Phi) is 5.59. The van der Waals surface area contributed by atoms with E-state index in [0.29, 0.717) is 23.5 Å². The van der Waals surface area contributed by atoms with Crippen molar-refractivity contribution in [3.8, 4) is 0 Å². The molecule has 0 spiro atoms. The summed E-state index contributed by atoms with van der Waals surface area (Å²) in [5.41, 5.74) is 0.658. The molecule has 0 saturated carbocycles. The first kappa shape index (κ1) is 20.2. The molecule has 0 bridgehead atoms. The fourth-order valence-corrected chi connectivity index (χ4v) is 3.87. The second-order valence-electron chi connectivity index (χ2n) is 7.68. The molecular weight excluding hydrogens is 387 g/mol. The van der Waals surface area contributed by atoms with E-state index in [1.54, 1.807) is 24.4 Å². The molecule has 0 atom stereocenters. The largest absolute Gasteiger partial charge is 0.467 e. The predicted molar refractivity (Wildman–Crippen MR) is 113 cm³/mol. The summed E-state index contributed by atoms with van der Waals surface area (Å²) in [5.74, 6) is -0.355. The highest BCUT2D eigenvalue weighted by Gasteiger charge is 2.22. The van der Waals surface area contributed by atoms with E-state index in [4.69, 9.17) is 4.42 Å². The van der Waals surface area contributed by atoms with Gasteiger partial charge in [-0.3, -0.25) is 9.59 Å². The summed E-state index contributed by atoms with van der Waals surface area (Å²) in [6.45, 7) is 6.05. The molecule has 30 heavy (non-hydrogen) atoms. The number of hydrogen-bond acceptors (Lipinski definition) is 4. The number of nitrogens with zero attached hydrogens (tertiary/aromatic N) is 2. The molecule has 1 fully saturated rings. The van der Waals surface area contributed by atoms with E-state index in [9.17, 15) is 14.0 Å². The molecule has 4 rings (SSSR count). The number of furan rings is 1. The van der Waals surface area contributed by atoms with Crippen molar-refractivity contribution in [2.75, 3.05) is 38.1 Å². The monoisotopic (exact) mass is 413 g/mol. The zero-order valence-corrected chi connectivity index (χ0v) is 17.2. The third-order valence-electron chi connectivity index (χ3n) is 5.70. The van der Waals surface area contributed by atoms with Gasteiger partial charge in [0.05, 0.1) is 57.2 Å². The Morgan fingerprint density at radius 3 is 2.73 bits per heavy atom. The highest BCUT2D eigenvalue weighted by atomic mass is 19.1. The summed E-state index contributed by atoms with van der Waals surface area (Å²) in [6.07, 6.45) is 3.07. The number of carbonyl (C=O) groups is 1. The van der Waals surface area contributed by atoms with Gasteiger partial charge in [0.1, 0.15) is 17.1 Å². The number of aryl methyl sites for hydroxylation is 1. The Bertz CT molecular complexity index is 1120. The van der Waals surface area contributed by atoms with Gasteiger partial charge in [0.25, 0.3) is 5.91 Å². The summed E-state index contributed by atoms with van der Waals surface area (Å²) in [7, 11) is 2.13. The van der Waals surface area contributed by atoms with Crippen LogP contribution in [0.25, 0.3) is 10.9 Å². The molecule has 1 aliphatic rings. The molecular formula is C22H26FN4O3+. The van der Waals surface area contributed by atoms with E-state index in [0.717, 1.165) is 26.2 Å². The van der Waals surface area contributed by atoms with E-state index >= 15 is 0 Å². The van der Waals surface area contributed by atoms with Gasteiger partial charge in [0, 0.05) is 18.1 Å². The normalized spacial score (nSPS) is 15.0. The lowest BCUT2D eigenvalue weighted by Crippen LogP contribution is -3.12. The van der Waals surface area contributed by atoms with Gasteiger partial charge in [-0.1, -0.05) is 0 Å². The fraction of sp³-hybridized carbons (Fsp3) is 0.364. The molecule has 7 nitrogen and oxygen atoms in total. The number of anilines is 1. The Labute approximate surface area is 173 Å². The molecule has 3 aromatic rings. The zero-order chi connectivity index (χ0) is 21.3. The lowest BCUT2D eigenvalue weighted by Gasteiger charge is -2.32. The summed E-state index contributed by atoms with van der Waals surface area (Å²) in [4.78, 5) is 29.1. The number of pyridine rings is 1. The topological polar surface area (TPSA) is 71.9 Å². The van der Waals surface area contributed by atoms with Crippen LogP contribution in [-0.4, -0.2) is 43.7 Å². The number of quaternary nitrogens is 1. The molecule has 0 radical (unpaired) electrons. The number of fused-ring (bicyclic) bond motifs is 1. The second-order valence-corrected chi connectivity index (χ2v) is 7.68. The third kappa shape index (κ3) is 3.82. The van der Waals surface area contributed by atoms with Gasteiger partial charge in [-0.25, -0.2) is 4.39 Å². The van der Waals surface area contributed by atoms with E-state index in [1.165, 1.54) is 17.2 Å². The van der Waals surface area contributed by atoms with E-state index in [2.05, 4.69) is 12.4 Å². The number of carbonyl (C=O) groups excluding carboxylic acids is 1. The molecule has 2 aromatic heterocycles. The number of amides is 1. The van der Waals surface area contributed by atoms with Crippen LogP contribution in [0.5, 0.6) is 0 Å². The molecule has 1 amide bonds. The number of rotatable bonds is 5. The number of benzene rings is 1. The van der Waals surface area contributed by atoms with Crippen LogP contribution in [0.1, 0.15) is 23.0 Å². The minimum atomic E-state index is -0.507. The maximum atomic E-state index is 15.0. The van der Waals surface area contributed by atoms with Crippen molar-refractivity contribution in [2.45, 2.75) is 20.0 Å². The molecule has 0 unspecified atom stereocenters. The average Bonchev–Trinajstić information content (AvgIpc) is 3.27. The fourth-order valence-electron chi connectivity index (χ4n) is 3.87. The Hall–Kier alpha value is -3.13. The number of nitrogens with one attached hydrogen (secondary N) is 2. The predicted octanol–water partition coefficient (Wildman–Crippen LogP) is 1.02. The zero-order valence-electron chi connectivity index (χ0n) is 17.2. The summed E-state index contributed by atoms with van der Waals surface area (Å²) >= 11 is 0. The molecule has 1 aromatic carbocycles. The van der Waals surface area contributed by atoms with Crippen LogP contribution in [0.15, 0.2) is 45.9 Å². The number of halogens is 1. The minimum absolute atomic E-state index is 0.00810. The van der Waals surface area contributed by atoms with Crippen molar-refractivity contribution < 1.29 is 18.5 Å². The molecule has 8 heteroatoms. The molecule has 2 N–H and O–H groups in total. The highest BCUT2D eigenvalue weighted by Crippen LogP contribution is 2.25. The van der Waals surface area contributed by atoms with Crippen molar-refractivity contribution in [3.63, 3.8) is 0 Å². The molecule has 158 valence electrons. The van der Waals surface area contributed by atoms with Gasteiger partial charge in [-0.2, -0.15) is 0 Å². The van der Waals surface area contributed by atoms with Crippen LogP contribution in [0.3, 0.4) is 0 Å². The van der Waals surface area contributed by atoms with Crippen molar-refractivity contribution in [2.24, 2.45) is 0 Å². The number of piperazine rings is 1. The van der Waals surface area contributed by atoms with Gasteiger partial charge < -0.3 is 24.1 Å². The van der Waals surface area contributed by atoms with Crippen LogP contribution >= 0.6 is 0 Å². The Morgan fingerprint density at radius 1 is 1.30 bits per heavy atom. The summed E-state index contributed by atoms with van der Waals surface area (Å²) in [5, 5.41) is 2.90. The first-order valence-electron chi connectivity index (χ1n) is 10.2. The summed E-state index contributed by atoms with van der Waals surface area (Å²) in [6, 6.07) is 6.47. The number of aromatic nitrogens is 1. The molecule has 1 saturated heterocycles. The van der Waals surface area contributed by atoms with Crippen molar-refractivity contribution >= 4 is 22.5 Å². The number of likely N-dealkylation sites (N-methyl/N-ethyl adjacent to an activating group) is 1. The highest BCUT2D eigenvalue weighted by molar-refractivity contribution is 5.97. The van der Waals surface area contributed by atoms with Crippen molar-refractivity contribution in [3.05, 3.63) is 64.1 Å². The maximum Gasteiger partial charge on any atom is 0.257 e. The van der Waals surface area contributed by atoms with Crippen molar-refractivity contribution in [1.29, 1.82) is 0 Å². The maximum absolute atomic E-state index is 15.0. The summed E-state index contributed by atoms with van der Waals surface area (Å²) < 4.78 is 22.0. The lowest BCUT2D eigenvalue weighted by atomic mass is 10.1. The Morgan fingerprint density at radius 2 is 2.07 bits per heavy atom. The minimum Gasteiger partial charge on any atom is -0.467 e. The van der Waals surface area contributed by atoms with Gasteiger partial charge in [0.2, 0.25) is 5.43 Å². The molecule has 0 aliphatic carbocycles. The van der Waals surface area contributed by atoms with Crippen LogP contribution in [-0.2, 0) is 13.1 Å². The Balaban J connectivity index is 1.71. The SMILES string of the molecule is CCn1cc(C(=O)NCc2ccco2)c(=O)c2cc(F)c(N3CC[NH+](C)CC3)cc21. The lowest BCUT2D eigenvalue weighted by molar-refractivity contribution is -0.880. The molecule has 3 heterocycles. The van der Waals surface area contributed by atoms with Gasteiger partial charge >= 0.3 is 0 Å². The second kappa shape index (κ2) is 8.31. The van der Waals surface area contributed by atoms with Crippen LogP contribution < -0.4 is 20.5 Å².